The second-order valence-corrected chi connectivity index (χ2v) is 4.56. The zero-order valence-corrected chi connectivity index (χ0v) is 9.69. The Bertz CT molecular complexity index is 571. The van der Waals surface area contributed by atoms with Crippen molar-refractivity contribution in [2.24, 2.45) is 0 Å². The van der Waals surface area contributed by atoms with Gasteiger partial charge in [-0.05, 0) is 32.0 Å². The first-order valence-corrected chi connectivity index (χ1v) is 6.10. The van der Waals surface area contributed by atoms with Crippen LogP contribution in [0.25, 0.3) is 10.9 Å². The Morgan fingerprint density at radius 3 is 2.76 bits per heavy atom. The molecule has 0 radical (unpaired) electrons. The zero-order valence-electron chi connectivity index (χ0n) is 9.69. The summed E-state index contributed by atoms with van der Waals surface area (Å²) in [4.78, 5) is 0. The van der Waals surface area contributed by atoms with E-state index in [4.69, 9.17) is 0 Å². The van der Waals surface area contributed by atoms with E-state index >= 15 is 0 Å². The SMILES string of the molecule is N#Cc1cn(C2CCNCC2)c2ccccc12. The van der Waals surface area contributed by atoms with Gasteiger partial charge in [0.1, 0.15) is 6.07 Å². The molecule has 0 amide bonds. The van der Waals surface area contributed by atoms with Crippen molar-refractivity contribution in [2.45, 2.75) is 18.9 Å². The molecule has 0 saturated carbocycles. The lowest BCUT2D eigenvalue weighted by atomic mass is 10.1. The Balaban J connectivity index is 2.13. The molecular formula is C14H15N3. The lowest BCUT2D eigenvalue weighted by molar-refractivity contribution is 0.376. The Kier molecular flexibility index (Phi) is 2.58. The van der Waals surface area contributed by atoms with Gasteiger partial charge in [0.05, 0.1) is 5.56 Å². The van der Waals surface area contributed by atoms with Crippen molar-refractivity contribution in [1.82, 2.24) is 9.88 Å². The number of hydrogen-bond acceptors (Lipinski definition) is 2. The largest absolute Gasteiger partial charge is 0.343 e. The van der Waals surface area contributed by atoms with E-state index in [1.807, 2.05) is 24.4 Å². The number of aromatic nitrogens is 1. The van der Waals surface area contributed by atoms with Crippen LogP contribution >= 0.6 is 0 Å². The number of para-hydroxylation sites is 1. The fraction of sp³-hybridized carbons (Fsp3) is 0.357. The van der Waals surface area contributed by atoms with Crippen LogP contribution in [0.4, 0.5) is 0 Å². The third-order valence-electron chi connectivity index (χ3n) is 3.56. The Hall–Kier alpha value is -1.79. The van der Waals surface area contributed by atoms with Crippen LogP contribution in [-0.2, 0) is 0 Å². The minimum Gasteiger partial charge on any atom is -0.343 e. The van der Waals surface area contributed by atoms with Gasteiger partial charge in [0.2, 0.25) is 0 Å². The van der Waals surface area contributed by atoms with E-state index in [2.05, 4.69) is 22.0 Å². The van der Waals surface area contributed by atoms with Crippen LogP contribution in [0.2, 0.25) is 0 Å². The number of nitrogens with one attached hydrogen (secondary N) is 1. The molecule has 1 fully saturated rings. The summed E-state index contributed by atoms with van der Waals surface area (Å²) in [7, 11) is 0. The maximum atomic E-state index is 9.17. The van der Waals surface area contributed by atoms with E-state index in [0.717, 1.165) is 36.9 Å². The Morgan fingerprint density at radius 1 is 1.24 bits per heavy atom. The smallest absolute Gasteiger partial charge is 0.101 e. The summed E-state index contributed by atoms with van der Waals surface area (Å²) in [6.07, 6.45) is 4.30. The lowest BCUT2D eigenvalue weighted by Crippen LogP contribution is -2.29. The van der Waals surface area contributed by atoms with Crippen LogP contribution in [-0.4, -0.2) is 17.7 Å². The predicted octanol–water partition coefficient (Wildman–Crippen LogP) is 2.44. The molecule has 1 saturated heterocycles. The van der Waals surface area contributed by atoms with Gasteiger partial charge in [-0.25, -0.2) is 0 Å². The van der Waals surface area contributed by atoms with Gasteiger partial charge >= 0.3 is 0 Å². The zero-order chi connectivity index (χ0) is 11.7. The molecule has 1 aliphatic heterocycles. The monoisotopic (exact) mass is 225 g/mol. The average Bonchev–Trinajstić information content (AvgIpc) is 2.78. The summed E-state index contributed by atoms with van der Waals surface area (Å²) in [5.41, 5.74) is 1.98. The van der Waals surface area contributed by atoms with Gasteiger partial charge in [-0.15, -0.1) is 0 Å². The lowest BCUT2D eigenvalue weighted by Gasteiger charge is -2.25. The van der Waals surface area contributed by atoms with Gasteiger partial charge in [0.25, 0.3) is 0 Å². The molecule has 3 nitrogen and oxygen atoms in total. The van der Waals surface area contributed by atoms with Gasteiger partial charge in [0.15, 0.2) is 0 Å². The van der Waals surface area contributed by atoms with Gasteiger partial charge in [-0.3, -0.25) is 0 Å². The highest BCUT2D eigenvalue weighted by molar-refractivity contribution is 5.86. The van der Waals surface area contributed by atoms with Crippen LogP contribution in [0.3, 0.4) is 0 Å². The first-order chi connectivity index (χ1) is 8.40. The van der Waals surface area contributed by atoms with Crippen LogP contribution in [0.5, 0.6) is 0 Å². The molecule has 2 aromatic rings. The third kappa shape index (κ3) is 1.71. The number of nitriles is 1. The van der Waals surface area contributed by atoms with Crippen molar-refractivity contribution in [2.75, 3.05) is 13.1 Å². The number of piperidine rings is 1. The minimum atomic E-state index is 0.531. The van der Waals surface area contributed by atoms with Gasteiger partial charge in [0, 0.05) is 23.1 Å². The molecule has 1 aliphatic rings. The van der Waals surface area contributed by atoms with E-state index in [0.29, 0.717) is 6.04 Å². The topological polar surface area (TPSA) is 40.8 Å². The van der Waals surface area contributed by atoms with Crippen LogP contribution in [0.15, 0.2) is 30.5 Å². The molecule has 0 aliphatic carbocycles. The molecule has 3 rings (SSSR count). The summed E-state index contributed by atoms with van der Waals surface area (Å²) < 4.78 is 2.29. The maximum absolute atomic E-state index is 9.17. The van der Waals surface area contributed by atoms with Gasteiger partial charge in [-0.1, -0.05) is 18.2 Å². The standard InChI is InChI=1S/C14H15N3/c15-9-11-10-17(12-5-7-16-8-6-12)14-4-2-1-3-13(11)14/h1-4,10,12,16H,5-8H2. The van der Waals surface area contributed by atoms with Crippen molar-refractivity contribution in [3.63, 3.8) is 0 Å². The van der Waals surface area contributed by atoms with Crippen molar-refractivity contribution < 1.29 is 0 Å². The normalized spacial score (nSPS) is 17.1. The van der Waals surface area contributed by atoms with Gasteiger partial charge in [-0.2, -0.15) is 5.26 Å². The number of rotatable bonds is 1. The molecule has 0 bridgehead atoms. The third-order valence-corrected chi connectivity index (χ3v) is 3.56. The Morgan fingerprint density at radius 2 is 2.00 bits per heavy atom. The second kappa shape index (κ2) is 4.23. The van der Waals surface area contributed by atoms with E-state index in [1.165, 1.54) is 5.52 Å². The molecule has 1 aromatic heterocycles. The van der Waals surface area contributed by atoms with E-state index in [-0.39, 0.29) is 0 Å². The maximum Gasteiger partial charge on any atom is 0.101 e. The summed E-state index contributed by atoms with van der Waals surface area (Å²) in [5, 5.41) is 13.6. The highest BCUT2D eigenvalue weighted by Crippen LogP contribution is 2.28. The van der Waals surface area contributed by atoms with Crippen molar-refractivity contribution in [3.8, 4) is 6.07 Å². The number of nitrogens with zero attached hydrogens (tertiary/aromatic N) is 2. The molecule has 1 N–H and O–H groups in total. The van der Waals surface area contributed by atoms with Crippen LogP contribution < -0.4 is 5.32 Å². The molecule has 1 aromatic carbocycles. The highest BCUT2D eigenvalue weighted by Gasteiger charge is 2.18. The number of fused-ring (bicyclic) bond motifs is 1. The highest BCUT2D eigenvalue weighted by atomic mass is 15.0. The number of hydrogen-bond donors (Lipinski definition) is 1. The second-order valence-electron chi connectivity index (χ2n) is 4.56. The first kappa shape index (κ1) is 10.4. The molecule has 2 heterocycles. The predicted molar refractivity (Wildman–Crippen MR) is 67.8 cm³/mol. The fourth-order valence-corrected chi connectivity index (χ4v) is 2.68. The average molecular weight is 225 g/mol. The van der Waals surface area contributed by atoms with Crippen molar-refractivity contribution in [1.29, 1.82) is 5.26 Å². The van der Waals surface area contributed by atoms with Crippen molar-refractivity contribution >= 4 is 10.9 Å². The quantitative estimate of drug-likeness (QED) is 0.809. The fourth-order valence-electron chi connectivity index (χ4n) is 2.68. The molecule has 86 valence electrons. The van der Waals surface area contributed by atoms with E-state index < -0.39 is 0 Å². The number of benzene rings is 1. The summed E-state index contributed by atoms with van der Waals surface area (Å²) in [6.45, 7) is 2.14. The molecule has 17 heavy (non-hydrogen) atoms. The van der Waals surface area contributed by atoms with Crippen molar-refractivity contribution in [3.05, 3.63) is 36.0 Å². The summed E-state index contributed by atoms with van der Waals surface area (Å²) in [5.74, 6) is 0. The molecule has 0 unspecified atom stereocenters. The van der Waals surface area contributed by atoms with Gasteiger partial charge < -0.3 is 9.88 Å². The van der Waals surface area contributed by atoms with E-state index in [1.54, 1.807) is 0 Å². The molecular weight excluding hydrogens is 210 g/mol. The van der Waals surface area contributed by atoms with Crippen LogP contribution in [0, 0.1) is 11.3 Å². The molecule has 0 atom stereocenters. The molecule has 3 heteroatoms. The Labute approximate surface area is 101 Å². The minimum absolute atomic E-state index is 0.531. The summed E-state index contributed by atoms with van der Waals surface area (Å²) in [6, 6.07) is 11.0. The molecule has 0 spiro atoms. The van der Waals surface area contributed by atoms with Crippen LogP contribution in [0.1, 0.15) is 24.4 Å². The van der Waals surface area contributed by atoms with E-state index in [9.17, 15) is 5.26 Å². The summed E-state index contributed by atoms with van der Waals surface area (Å²) >= 11 is 0. The first-order valence-electron chi connectivity index (χ1n) is 6.10.